The van der Waals surface area contributed by atoms with Crippen molar-refractivity contribution >= 4 is 28.3 Å². The average Bonchev–Trinajstić information content (AvgIpc) is 2.17. The van der Waals surface area contributed by atoms with Crippen LogP contribution in [0.1, 0.15) is 0 Å². The maximum Gasteiger partial charge on any atom is 0.150 e. The Morgan fingerprint density at radius 3 is 2.86 bits per heavy atom. The van der Waals surface area contributed by atoms with E-state index in [1.165, 1.54) is 6.07 Å². The van der Waals surface area contributed by atoms with Gasteiger partial charge in [0.2, 0.25) is 0 Å². The van der Waals surface area contributed by atoms with E-state index in [0.29, 0.717) is 16.2 Å². The van der Waals surface area contributed by atoms with Crippen LogP contribution in [0.4, 0.5) is 10.2 Å². The first-order valence-corrected chi connectivity index (χ1v) is 4.31. The Labute approximate surface area is 84.7 Å². The monoisotopic (exact) mass is 211 g/mol. The zero-order valence-corrected chi connectivity index (χ0v) is 7.85. The lowest BCUT2D eigenvalue weighted by Gasteiger charge is -2.02. The lowest BCUT2D eigenvalue weighted by molar-refractivity contribution is 0.637. The first-order chi connectivity index (χ1) is 6.70. The van der Waals surface area contributed by atoms with Gasteiger partial charge in [-0.25, -0.2) is 15.2 Å². The maximum atomic E-state index is 13.3. The number of hydrazine groups is 1. The van der Waals surface area contributed by atoms with Crippen LogP contribution >= 0.6 is 11.6 Å². The Kier molecular flexibility index (Phi) is 2.23. The van der Waals surface area contributed by atoms with E-state index in [2.05, 4.69) is 10.4 Å². The quantitative estimate of drug-likeness (QED) is 0.562. The highest BCUT2D eigenvalue weighted by molar-refractivity contribution is 6.31. The van der Waals surface area contributed by atoms with Crippen molar-refractivity contribution in [1.29, 1.82) is 0 Å². The van der Waals surface area contributed by atoms with Gasteiger partial charge in [-0.1, -0.05) is 11.6 Å². The van der Waals surface area contributed by atoms with Crippen molar-refractivity contribution in [1.82, 2.24) is 4.98 Å². The number of nitrogens with one attached hydrogen (secondary N) is 1. The highest BCUT2D eigenvalue weighted by Gasteiger charge is 2.04. The number of nitrogen functional groups attached to an aromatic ring is 1. The third kappa shape index (κ3) is 1.49. The van der Waals surface area contributed by atoms with Gasteiger partial charge in [0.1, 0.15) is 11.3 Å². The number of pyridine rings is 1. The number of hydrogen-bond donors (Lipinski definition) is 2. The summed E-state index contributed by atoms with van der Waals surface area (Å²) in [7, 11) is 0. The van der Waals surface area contributed by atoms with Gasteiger partial charge in [-0.15, -0.1) is 0 Å². The van der Waals surface area contributed by atoms with E-state index in [1.54, 1.807) is 18.2 Å². The molecule has 5 heteroatoms. The standard InChI is InChI=1S/C9H7ClFN3/c10-6-3-5-1-2-8(14-12)13-9(5)7(11)4-6/h1-4H,12H2,(H,13,14). The molecule has 1 aromatic carbocycles. The Bertz CT molecular complexity index is 487. The van der Waals surface area contributed by atoms with Crippen LogP contribution in [0.2, 0.25) is 5.02 Å². The van der Waals surface area contributed by atoms with E-state index >= 15 is 0 Å². The van der Waals surface area contributed by atoms with Gasteiger partial charge in [0, 0.05) is 10.4 Å². The molecular weight excluding hydrogens is 205 g/mol. The molecule has 3 N–H and O–H groups in total. The van der Waals surface area contributed by atoms with Crippen LogP contribution in [0.15, 0.2) is 24.3 Å². The summed E-state index contributed by atoms with van der Waals surface area (Å²) < 4.78 is 13.3. The van der Waals surface area contributed by atoms with Gasteiger partial charge >= 0.3 is 0 Å². The Morgan fingerprint density at radius 2 is 2.14 bits per heavy atom. The van der Waals surface area contributed by atoms with Gasteiger partial charge in [0.15, 0.2) is 5.82 Å². The van der Waals surface area contributed by atoms with Gasteiger partial charge < -0.3 is 5.43 Å². The van der Waals surface area contributed by atoms with Crippen LogP contribution < -0.4 is 11.3 Å². The summed E-state index contributed by atoms with van der Waals surface area (Å²) in [6, 6.07) is 6.22. The Hall–Kier alpha value is -1.39. The van der Waals surface area contributed by atoms with E-state index in [1.807, 2.05) is 0 Å². The summed E-state index contributed by atoms with van der Waals surface area (Å²) in [4.78, 5) is 3.96. The molecule has 0 saturated heterocycles. The first-order valence-electron chi connectivity index (χ1n) is 3.93. The smallest absolute Gasteiger partial charge is 0.150 e. The second-order valence-electron chi connectivity index (χ2n) is 2.80. The summed E-state index contributed by atoms with van der Waals surface area (Å²) in [5, 5.41) is 0.999. The molecule has 0 aliphatic carbocycles. The van der Waals surface area contributed by atoms with Gasteiger partial charge in [-0.05, 0) is 24.3 Å². The van der Waals surface area contributed by atoms with Crippen molar-refractivity contribution in [2.45, 2.75) is 0 Å². The highest BCUT2D eigenvalue weighted by atomic mass is 35.5. The molecule has 1 aromatic heterocycles. The summed E-state index contributed by atoms with van der Waals surface area (Å²) >= 11 is 5.69. The van der Waals surface area contributed by atoms with Gasteiger partial charge in [-0.3, -0.25) is 0 Å². The zero-order chi connectivity index (χ0) is 10.1. The fraction of sp³-hybridized carbons (Fsp3) is 0. The molecule has 2 rings (SSSR count). The van der Waals surface area contributed by atoms with Crippen molar-refractivity contribution in [3.8, 4) is 0 Å². The van der Waals surface area contributed by atoms with Gasteiger partial charge in [0.05, 0.1) is 0 Å². The maximum absolute atomic E-state index is 13.3. The number of rotatable bonds is 1. The number of anilines is 1. The van der Waals surface area contributed by atoms with E-state index in [9.17, 15) is 4.39 Å². The van der Waals surface area contributed by atoms with E-state index in [-0.39, 0.29) is 5.52 Å². The van der Waals surface area contributed by atoms with Crippen molar-refractivity contribution in [2.75, 3.05) is 5.43 Å². The number of fused-ring (bicyclic) bond motifs is 1. The summed E-state index contributed by atoms with van der Waals surface area (Å²) in [5.41, 5.74) is 2.60. The highest BCUT2D eigenvalue weighted by Crippen LogP contribution is 2.22. The molecule has 0 bridgehead atoms. The average molecular weight is 212 g/mol. The van der Waals surface area contributed by atoms with Crippen molar-refractivity contribution in [3.63, 3.8) is 0 Å². The lowest BCUT2D eigenvalue weighted by Crippen LogP contribution is -2.08. The van der Waals surface area contributed by atoms with Gasteiger partial charge in [0.25, 0.3) is 0 Å². The fourth-order valence-corrected chi connectivity index (χ4v) is 1.45. The van der Waals surface area contributed by atoms with Crippen molar-refractivity contribution in [3.05, 3.63) is 35.1 Å². The topological polar surface area (TPSA) is 50.9 Å². The van der Waals surface area contributed by atoms with E-state index in [0.717, 1.165) is 0 Å². The second kappa shape index (κ2) is 3.40. The number of nitrogens with two attached hydrogens (primary N) is 1. The molecule has 0 amide bonds. The van der Waals surface area contributed by atoms with Crippen molar-refractivity contribution < 1.29 is 4.39 Å². The molecule has 0 aliphatic heterocycles. The molecule has 0 saturated carbocycles. The molecule has 0 aliphatic rings. The zero-order valence-electron chi connectivity index (χ0n) is 7.09. The van der Waals surface area contributed by atoms with E-state index in [4.69, 9.17) is 17.4 Å². The van der Waals surface area contributed by atoms with Crippen LogP contribution in [0.5, 0.6) is 0 Å². The molecule has 14 heavy (non-hydrogen) atoms. The predicted octanol–water partition coefficient (Wildman–Crippen LogP) is 2.31. The second-order valence-corrected chi connectivity index (χ2v) is 3.24. The minimum atomic E-state index is -0.454. The minimum Gasteiger partial charge on any atom is -0.308 e. The van der Waals surface area contributed by atoms with Crippen LogP contribution in [-0.4, -0.2) is 4.98 Å². The third-order valence-corrected chi connectivity index (χ3v) is 2.08. The molecule has 1 heterocycles. The minimum absolute atomic E-state index is 0.254. The van der Waals surface area contributed by atoms with E-state index < -0.39 is 5.82 Å². The van der Waals surface area contributed by atoms with Crippen LogP contribution in [-0.2, 0) is 0 Å². The number of nitrogens with zero attached hydrogens (tertiary/aromatic N) is 1. The summed E-state index contributed by atoms with van der Waals surface area (Å²) in [6.07, 6.45) is 0. The number of halogens is 2. The largest absolute Gasteiger partial charge is 0.308 e. The van der Waals surface area contributed by atoms with Crippen LogP contribution in [0, 0.1) is 5.82 Å². The van der Waals surface area contributed by atoms with Crippen molar-refractivity contribution in [2.24, 2.45) is 5.84 Å². The lowest BCUT2D eigenvalue weighted by atomic mass is 10.2. The number of aromatic nitrogens is 1. The molecular formula is C9H7ClFN3. The molecule has 0 fully saturated rings. The molecule has 3 nitrogen and oxygen atoms in total. The fourth-order valence-electron chi connectivity index (χ4n) is 1.24. The van der Waals surface area contributed by atoms with Crippen LogP contribution in [0.25, 0.3) is 10.9 Å². The normalized spacial score (nSPS) is 10.5. The third-order valence-electron chi connectivity index (χ3n) is 1.86. The molecule has 72 valence electrons. The Balaban J connectivity index is 2.75. The summed E-state index contributed by atoms with van der Waals surface area (Å²) in [5.74, 6) is 5.12. The Morgan fingerprint density at radius 1 is 1.36 bits per heavy atom. The van der Waals surface area contributed by atoms with Crippen LogP contribution in [0.3, 0.4) is 0 Å². The molecule has 0 spiro atoms. The SMILES string of the molecule is NNc1ccc2cc(Cl)cc(F)c2n1. The molecule has 0 atom stereocenters. The number of benzene rings is 1. The summed E-state index contributed by atoms with van der Waals surface area (Å²) in [6.45, 7) is 0. The predicted molar refractivity (Wildman–Crippen MR) is 54.5 cm³/mol. The molecule has 0 radical (unpaired) electrons. The van der Waals surface area contributed by atoms with Gasteiger partial charge in [-0.2, -0.15) is 0 Å². The first kappa shape index (κ1) is 9.18. The number of hydrogen-bond acceptors (Lipinski definition) is 3. The molecule has 2 aromatic rings. The molecule has 0 unspecified atom stereocenters.